The van der Waals surface area contributed by atoms with Crippen molar-refractivity contribution >= 4 is 23.4 Å². The summed E-state index contributed by atoms with van der Waals surface area (Å²) in [6.07, 6.45) is 8.00. The second-order valence-electron chi connectivity index (χ2n) is 17.9. The summed E-state index contributed by atoms with van der Waals surface area (Å²) in [6.45, 7) is 15.9. The fourth-order valence-electron chi connectivity index (χ4n) is 10.1. The van der Waals surface area contributed by atoms with Crippen LogP contribution in [-0.2, 0) is 33.4 Å². The standard InChI is InChI=1S/C45H73NO10/c1-10-32-20-26(4)19-27(5)21-33(11-2)41-34(12-3)23-29(7)45(53,56-41)42(50)43(51)46-18-14-13-15-35(46)44(52)55-40(30(8)37(48)25-38(32)49)28(6)22-31-16-17-36(47)39(24-31)54-9/h20,22,27,29-37,39-41,47-48,53H,10-19,21,23-25H2,1-9H3/b26-20+,28-22+/t27-,29+,30+,31-,32+,33-,34-,35?,36+,37-,39+,40+,41+,45+/m0/s1. The number of carbonyl (C=O) groups excluding carboxylic acids is 4. The summed E-state index contributed by atoms with van der Waals surface area (Å²) in [4.78, 5) is 57.9. The Hall–Kier alpha value is -2.44. The minimum absolute atomic E-state index is 0.0176. The molecule has 318 valence electrons. The number of methoxy groups -OCH3 is 1. The maximum Gasteiger partial charge on any atom is 0.329 e. The molecule has 0 aromatic carbocycles. The smallest absolute Gasteiger partial charge is 0.329 e. The maximum atomic E-state index is 14.3. The number of carbonyl (C=O) groups is 4. The van der Waals surface area contributed by atoms with E-state index in [2.05, 4.69) is 20.8 Å². The van der Waals surface area contributed by atoms with Gasteiger partial charge in [-0.2, -0.15) is 0 Å². The molecule has 3 heterocycles. The number of ketones is 2. The predicted octanol–water partition coefficient (Wildman–Crippen LogP) is 6.50. The van der Waals surface area contributed by atoms with Crippen LogP contribution >= 0.6 is 0 Å². The molecule has 0 spiro atoms. The van der Waals surface area contributed by atoms with Crippen LogP contribution in [0.1, 0.15) is 139 Å². The molecule has 56 heavy (non-hydrogen) atoms. The number of Topliss-reactive ketones (excluding diaryl/α,β-unsaturated/α-hetero) is 2. The molecule has 3 aliphatic heterocycles. The van der Waals surface area contributed by atoms with Crippen molar-refractivity contribution < 1.29 is 48.7 Å². The molecule has 1 aliphatic carbocycles. The largest absolute Gasteiger partial charge is 0.456 e. The van der Waals surface area contributed by atoms with E-state index in [0.29, 0.717) is 50.5 Å². The second-order valence-corrected chi connectivity index (χ2v) is 17.9. The van der Waals surface area contributed by atoms with E-state index in [1.54, 1.807) is 21.0 Å². The Bertz CT molecular complexity index is 1430. The number of hydrogen-bond donors (Lipinski definition) is 3. The number of hydrogen-bond acceptors (Lipinski definition) is 10. The van der Waals surface area contributed by atoms with E-state index in [1.807, 2.05) is 32.9 Å². The minimum atomic E-state index is -2.34. The molecule has 1 unspecified atom stereocenters. The van der Waals surface area contributed by atoms with Crippen LogP contribution in [0.3, 0.4) is 0 Å². The third-order valence-electron chi connectivity index (χ3n) is 13.7. The third-order valence-corrected chi connectivity index (χ3v) is 13.7. The van der Waals surface area contributed by atoms with E-state index in [1.165, 1.54) is 4.90 Å². The van der Waals surface area contributed by atoms with Gasteiger partial charge in [0.05, 0.1) is 24.4 Å². The van der Waals surface area contributed by atoms with Gasteiger partial charge in [0, 0.05) is 37.8 Å². The Kier molecular flexibility index (Phi) is 16.9. The van der Waals surface area contributed by atoms with Crippen LogP contribution in [-0.4, -0.2) is 99.7 Å². The molecule has 11 heteroatoms. The Labute approximate surface area is 336 Å². The van der Waals surface area contributed by atoms with Crippen LogP contribution in [0.4, 0.5) is 0 Å². The summed E-state index contributed by atoms with van der Waals surface area (Å²) in [5.41, 5.74) is 1.77. The summed E-state index contributed by atoms with van der Waals surface area (Å²) in [5, 5.41) is 34.2. The number of amides is 1. The summed E-state index contributed by atoms with van der Waals surface area (Å²) in [7, 11) is 1.57. The van der Waals surface area contributed by atoms with Gasteiger partial charge in [-0.25, -0.2) is 4.79 Å². The van der Waals surface area contributed by atoms with Crippen LogP contribution in [0.15, 0.2) is 23.3 Å². The highest BCUT2D eigenvalue weighted by Crippen LogP contribution is 2.44. The monoisotopic (exact) mass is 788 g/mol. The van der Waals surface area contributed by atoms with Crippen molar-refractivity contribution in [2.24, 2.45) is 41.4 Å². The molecule has 3 fully saturated rings. The first kappa shape index (κ1) is 46.3. The number of fused-ring (bicyclic) bond motifs is 3. The van der Waals surface area contributed by atoms with E-state index in [-0.39, 0.29) is 60.9 Å². The molecule has 11 nitrogen and oxygen atoms in total. The summed E-state index contributed by atoms with van der Waals surface area (Å²) in [5.74, 6) is -6.50. The highest BCUT2D eigenvalue weighted by atomic mass is 16.6. The zero-order chi connectivity index (χ0) is 41.5. The molecule has 2 bridgehead atoms. The molecule has 3 N–H and O–H groups in total. The predicted molar refractivity (Wildman–Crippen MR) is 214 cm³/mol. The van der Waals surface area contributed by atoms with Gasteiger partial charge < -0.3 is 34.4 Å². The zero-order valence-corrected chi connectivity index (χ0v) is 35.7. The van der Waals surface area contributed by atoms with Gasteiger partial charge in [-0.1, -0.05) is 72.1 Å². The lowest BCUT2D eigenvalue weighted by Gasteiger charge is -2.48. The van der Waals surface area contributed by atoms with Crippen LogP contribution in [0, 0.1) is 41.4 Å². The zero-order valence-electron chi connectivity index (χ0n) is 35.7. The average molecular weight is 788 g/mol. The van der Waals surface area contributed by atoms with Gasteiger partial charge in [-0.3, -0.25) is 14.4 Å². The van der Waals surface area contributed by atoms with Crippen molar-refractivity contribution in [1.29, 1.82) is 0 Å². The first-order chi connectivity index (χ1) is 26.5. The number of aliphatic hydroxyl groups is 3. The summed E-state index contributed by atoms with van der Waals surface area (Å²) in [6, 6.07) is -1.08. The fraction of sp³-hybridized carbons (Fsp3) is 0.822. The van der Waals surface area contributed by atoms with Crippen molar-refractivity contribution in [3.05, 3.63) is 23.3 Å². The molecule has 1 saturated carbocycles. The molecular weight excluding hydrogens is 714 g/mol. The number of piperidine rings is 1. The van der Waals surface area contributed by atoms with Crippen LogP contribution in [0.25, 0.3) is 0 Å². The lowest BCUT2D eigenvalue weighted by atomic mass is 9.73. The normalized spacial score (nSPS) is 41.6. The molecule has 4 aliphatic rings. The fourth-order valence-corrected chi connectivity index (χ4v) is 10.1. The molecule has 1 amide bonds. The Morgan fingerprint density at radius 2 is 1.61 bits per heavy atom. The van der Waals surface area contributed by atoms with Crippen LogP contribution in [0.2, 0.25) is 0 Å². The molecule has 14 atom stereocenters. The number of esters is 1. The van der Waals surface area contributed by atoms with Gasteiger partial charge in [0.15, 0.2) is 0 Å². The van der Waals surface area contributed by atoms with E-state index < -0.39 is 65.7 Å². The molecule has 0 aromatic heterocycles. The number of aliphatic hydroxyl groups excluding tert-OH is 2. The van der Waals surface area contributed by atoms with E-state index in [9.17, 15) is 34.5 Å². The van der Waals surface area contributed by atoms with Gasteiger partial charge in [0.1, 0.15) is 17.9 Å². The number of nitrogens with zero attached hydrogens (tertiary/aromatic N) is 1. The lowest BCUT2D eigenvalue weighted by Crippen LogP contribution is -2.62. The summed E-state index contributed by atoms with van der Waals surface area (Å²) < 4.78 is 18.3. The van der Waals surface area contributed by atoms with Gasteiger partial charge in [0.25, 0.3) is 11.7 Å². The number of cyclic esters (lactones) is 1. The Balaban J connectivity index is 1.76. The number of ether oxygens (including phenoxy) is 3. The average Bonchev–Trinajstić information content (AvgIpc) is 3.18. The highest BCUT2D eigenvalue weighted by Gasteiger charge is 2.55. The van der Waals surface area contributed by atoms with Crippen LogP contribution in [0.5, 0.6) is 0 Å². The number of allylic oxidation sites excluding steroid dienone is 3. The molecule has 2 saturated heterocycles. The minimum Gasteiger partial charge on any atom is -0.456 e. The maximum absolute atomic E-state index is 14.3. The van der Waals surface area contributed by atoms with Crippen molar-refractivity contribution in [2.75, 3.05) is 13.7 Å². The number of rotatable bonds is 6. The SMILES string of the molecule is CC[C@H]1C[C@@H](C)C/C(C)=C/[C@@H](CC)C(=O)C[C@H](O)[C@@H](C)[C@@H](/C(C)=C/[C@@H]2CC[C@@H](O)[C@H](OC)C2)OC(=O)C2CCCCN2C(=O)C(=O)[C@]2(O)O[C@H]1[C@@H](CC)C[C@H]2C. The Morgan fingerprint density at radius 1 is 0.929 bits per heavy atom. The topological polar surface area (TPSA) is 160 Å². The lowest BCUT2D eigenvalue weighted by molar-refractivity contribution is -0.285. The molecule has 4 rings (SSSR count). The van der Waals surface area contributed by atoms with E-state index in [0.717, 1.165) is 31.3 Å². The van der Waals surface area contributed by atoms with Gasteiger partial charge >= 0.3 is 5.97 Å². The molecular formula is C45H73NO10. The van der Waals surface area contributed by atoms with Crippen molar-refractivity contribution in [3.8, 4) is 0 Å². The van der Waals surface area contributed by atoms with Crippen molar-refractivity contribution in [3.63, 3.8) is 0 Å². The van der Waals surface area contributed by atoms with Crippen molar-refractivity contribution in [1.82, 2.24) is 4.90 Å². The quantitative estimate of drug-likeness (QED) is 0.154. The molecule has 0 radical (unpaired) electrons. The van der Waals surface area contributed by atoms with Gasteiger partial charge in [-0.15, -0.1) is 0 Å². The van der Waals surface area contributed by atoms with Gasteiger partial charge in [0.2, 0.25) is 5.79 Å². The first-order valence-corrected chi connectivity index (χ1v) is 21.7. The Morgan fingerprint density at radius 3 is 2.25 bits per heavy atom. The van der Waals surface area contributed by atoms with Gasteiger partial charge in [-0.05, 0) is 107 Å². The molecule has 0 aromatic rings. The third kappa shape index (κ3) is 10.8. The van der Waals surface area contributed by atoms with Crippen LogP contribution < -0.4 is 0 Å². The summed E-state index contributed by atoms with van der Waals surface area (Å²) >= 11 is 0. The van der Waals surface area contributed by atoms with Crippen molar-refractivity contribution in [2.45, 2.75) is 181 Å². The highest BCUT2D eigenvalue weighted by molar-refractivity contribution is 6.39. The second kappa shape index (κ2) is 20.5. The first-order valence-electron chi connectivity index (χ1n) is 21.7. The van der Waals surface area contributed by atoms with E-state index in [4.69, 9.17) is 14.2 Å². The van der Waals surface area contributed by atoms with E-state index >= 15 is 0 Å².